The second-order valence-electron chi connectivity index (χ2n) is 6.70. The van der Waals surface area contributed by atoms with Gasteiger partial charge >= 0.3 is 6.09 Å². The van der Waals surface area contributed by atoms with Crippen LogP contribution in [0.2, 0.25) is 10.0 Å². The molecule has 140 valence electrons. The number of carbonyl (C=O) groups excluding carboxylic acids is 3. The molecule has 2 amide bonds. The zero-order chi connectivity index (χ0) is 18.7. The van der Waals surface area contributed by atoms with Crippen LogP contribution in [0.3, 0.4) is 0 Å². The van der Waals surface area contributed by atoms with E-state index in [1.807, 2.05) is 0 Å². The van der Waals surface area contributed by atoms with Gasteiger partial charge in [0.15, 0.2) is 0 Å². The number of nitrogens with zero attached hydrogens (tertiary/aromatic N) is 2. The van der Waals surface area contributed by atoms with Crippen LogP contribution in [0.5, 0.6) is 0 Å². The molecule has 2 saturated heterocycles. The number of ether oxygens (including phenoxy) is 1. The van der Waals surface area contributed by atoms with Gasteiger partial charge in [0, 0.05) is 48.1 Å². The number of aldehydes is 1. The molecule has 1 aromatic carbocycles. The van der Waals surface area contributed by atoms with Gasteiger partial charge in [-0.15, -0.1) is 0 Å². The molecule has 0 saturated carbocycles. The third-order valence-corrected chi connectivity index (χ3v) is 5.27. The molecule has 8 heteroatoms. The molecule has 0 N–H and O–H groups in total. The Bertz CT molecular complexity index is 684. The summed E-state index contributed by atoms with van der Waals surface area (Å²) in [5.74, 6) is -0.170. The minimum atomic E-state index is -0.391. The van der Waals surface area contributed by atoms with Crippen molar-refractivity contribution in [3.8, 4) is 0 Å². The molecule has 1 aromatic rings. The van der Waals surface area contributed by atoms with Crippen LogP contribution in [0, 0.1) is 5.92 Å². The van der Waals surface area contributed by atoms with Crippen LogP contribution in [-0.4, -0.2) is 53.8 Å². The third-order valence-electron chi connectivity index (χ3n) is 4.83. The molecule has 2 heterocycles. The largest absolute Gasteiger partial charge is 0.445 e. The van der Waals surface area contributed by atoms with Crippen molar-refractivity contribution in [1.82, 2.24) is 9.80 Å². The van der Waals surface area contributed by atoms with Crippen molar-refractivity contribution in [2.45, 2.75) is 31.9 Å². The predicted octanol–water partition coefficient (Wildman–Crippen LogP) is 3.14. The number of hydrogen-bond acceptors (Lipinski definition) is 4. The summed E-state index contributed by atoms with van der Waals surface area (Å²) in [5.41, 5.74) is 0.730. The van der Waals surface area contributed by atoms with E-state index in [-0.39, 0.29) is 24.5 Å². The smallest absolute Gasteiger partial charge is 0.410 e. The molecule has 26 heavy (non-hydrogen) atoms. The zero-order valence-corrected chi connectivity index (χ0v) is 15.7. The lowest BCUT2D eigenvalue weighted by Crippen LogP contribution is -2.47. The summed E-state index contributed by atoms with van der Waals surface area (Å²) in [6, 6.07) is 5.11. The fraction of sp³-hybridized carbons (Fsp3) is 0.500. The molecule has 0 aromatic heterocycles. The lowest BCUT2D eigenvalue weighted by atomic mass is 10.0. The highest BCUT2D eigenvalue weighted by molar-refractivity contribution is 6.34. The van der Waals surface area contributed by atoms with E-state index in [1.54, 1.807) is 28.0 Å². The molecule has 2 fully saturated rings. The van der Waals surface area contributed by atoms with Crippen LogP contribution in [0.25, 0.3) is 0 Å². The van der Waals surface area contributed by atoms with Crippen molar-refractivity contribution in [1.29, 1.82) is 0 Å². The van der Waals surface area contributed by atoms with E-state index in [9.17, 15) is 14.4 Å². The van der Waals surface area contributed by atoms with Gasteiger partial charge < -0.3 is 19.3 Å². The Morgan fingerprint density at radius 1 is 1.19 bits per heavy atom. The first-order valence-corrected chi connectivity index (χ1v) is 9.33. The molecular formula is C18H20Cl2N2O4. The zero-order valence-electron chi connectivity index (χ0n) is 14.2. The van der Waals surface area contributed by atoms with Gasteiger partial charge in [-0.3, -0.25) is 4.79 Å². The molecule has 0 bridgehead atoms. The van der Waals surface area contributed by atoms with Crippen molar-refractivity contribution in [3.63, 3.8) is 0 Å². The van der Waals surface area contributed by atoms with Gasteiger partial charge in [0.1, 0.15) is 12.9 Å². The SMILES string of the molecule is O=CC1CC(=O)N(C2CCN(C(=O)OCc3cc(Cl)cc(Cl)c3)CC2)C1. The van der Waals surface area contributed by atoms with Gasteiger partial charge in [0.2, 0.25) is 5.91 Å². The van der Waals surface area contributed by atoms with Crippen LogP contribution in [0.4, 0.5) is 4.79 Å². The fourth-order valence-corrected chi connectivity index (χ4v) is 4.07. The molecule has 2 aliphatic rings. The normalized spacial score (nSPS) is 21.2. The third kappa shape index (κ3) is 4.48. The molecule has 2 aliphatic heterocycles. The van der Waals surface area contributed by atoms with E-state index >= 15 is 0 Å². The second kappa shape index (κ2) is 8.27. The topological polar surface area (TPSA) is 66.9 Å². The monoisotopic (exact) mass is 398 g/mol. The van der Waals surface area contributed by atoms with Crippen LogP contribution in [0.15, 0.2) is 18.2 Å². The maximum Gasteiger partial charge on any atom is 0.410 e. The minimum Gasteiger partial charge on any atom is -0.445 e. The number of likely N-dealkylation sites (tertiary alicyclic amines) is 2. The van der Waals surface area contributed by atoms with Gasteiger partial charge in [-0.2, -0.15) is 0 Å². The van der Waals surface area contributed by atoms with Crippen molar-refractivity contribution in [3.05, 3.63) is 33.8 Å². The van der Waals surface area contributed by atoms with Crippen LogP contribution >= 0.6 is 23.2 Å². The molecule has 1 atom stereocenters. The van der Waals surface area contributed by atoms with E-state index < -0.39 is 6.09 Å². The molecule has 6 nitrogen and oxygen atoms in total. The summed E-state index contributed by atoms with van der Waals surface area (Å²) in [6.45, 7) is 1.64. The van der Waals surface area contributed by atoms with E-state index in [2.05, 4.69) is 0 Å². The number of amides is 2. The lowest BCUT2D eigenvalue weighted by Gasteiger charge is -2.36. The Morgan fingerprint density at radius 2 is 1.85 bits per heavy atom. The Balaban J connectivity index is 1.47. The first-order valence-electron chi connectivity index (χ1n) is 8.57. The maximum atomic E-state index is 12.2. The average Bonchev–Trinajstić information content (AvgIpc) is 3.00. The second-order valence-corrected chi connectivity index (χ2v) is 7.57. The highest BCUT2D eigenvalue weighted by atomic mass is 35.5. The maximum absolute atomic E-state index is 12.2. The van der Waals surface area contributed by atoms with Crippen molar-refractivity contribution in [2.24, 2.45) is 5.92 Å². The van der Waals surface area contributed by atoms with E-state index in [0.29, 0.717) is 48.9 Å². The first-order chi connectivity index (χ1) is 12.5. The van der Waals surface area contributed by atoms with Gasteiger partial charge in [-0.25, -0.2) is 4.79 Å². The van der Waals surface area contributed by atoms with Crippen LogP contribution in [-0.2, 0) is 20.9 Å². The lowest BCUT2D eigenvalue weighted by molar-refractivity contribution is -0.130. The Kier molecular flexibility index (Phi) is 6.04. The fourth-order valence-electron chi connectivity index (χ4n) is 3.50. The number of carbonyl (C=O) groups is 3. The minimum absolute atomic E-state index is 0.0287. The number of halogens is 2. The number of hydrogen-bond donors (Lipinski definition) is 0. The van der Waals surface area contributed by atoms with E-state index in [4.69, 9.17) is 27.9 Å². The highest BCUT2D eigenvalue weighted by Crippen LogP contribution is 2.25. The van der Waals surface area contributed by atoms with E-state index in [1.165, 1.54) is 0 Å². The summed E-state index contributed by atoms with van der Waals surface area (Å²) < 4.78 is 5.34. The van der Waals surface area contributed by atoms with Gasteiger partial charge in [-0.05, 0) is 36.6 Å². The van der Waals surface area contributed by atoms with Crippen LogP contribution < -0.4 is 0 Å². The predicted molar refractivity (Wildman–Crippen MR) is 97.1 cm³/mol. The number of rotatable bonds is 4. The van der Waals surface area contributed by atoms with Gasteiger partial charge in [-0.1, -0.05) is 23.2 Å². The van der Waals surface area contributed by atoms with Gasteiger partial charge in [0.25, 0.3) is 0 Å². The highest BCUT2D eigenvalue weighted by Gasteiger charge is 2.36. The first kappa shape index (κ1) is 19.0. The quantitative estimate of drug-likeness (QED) is 0.730. The standard InChI is InChI=1S/C18H20Cl2N2O4/c19-14-5-12(6-15(20)8-14)11-26-18(25)21-3-1-16(2-4-21)22-9-13(10-23)7-17(22)24/h5-6,8,10,13,16H,1-4,7,9,11H2. The summed E-state index contributed by atoms with van der Waals surface area (Å²) in [5, 5.41) is 0.988. The van der Waals surface area contributed by atoms with Crippen LogP contribution in [0.1, 0.15) is 24.8 Å². The summed E-state index contributed by atoms with van der Waals surface area (Å²) >= 11 is 11.9. The number of benzene rings is 1. The van der Waals surface area contributed by atoms with E-state index in [0.717, 1.165) is 11.8 Å². The van der Waals surface area contributed by atoms with Crippen molar-refractivity contribution >= 4 is 41.5 Å². The molecule has 3 rings (SSSR count). The van der Waals surface area contributed by atoms with Crippen molar-refractivity contribution < 1.29 is 19.1 Å². The van der Waals surface area contributed by atoms with Crippen molar-refractivity contribution in [2.75, 3.05) is 19.6 Å². The molecule has 1 unspecified atom stereocenters. The summed E-state index contributed by atoms with van der Waals surface area (Å²) in [6.07, 6.45) is 2.14. The Morgan fingerprint density at radius 3 is 2.42 bits per heavy atom. The molecular weight excluding hydrogens is 379 g/mol. The summed E-state index contributed by atoms with van der Waals surface area (Å²) in [7, 11) is 0. The average molecular weight is 399 g/mol. The Labute approximate surface area is 162 Å². The van der Waals surface area contributed by atoms with Gasteiger partial charge in [0.05, 0.1) is 0 Å². The molecule has 0 spiro atoms. The Hall–Kier alpha value is -1.79. The number of piperidine rings is 1. The summed E-state index contributed by atoms with van der Waals surface area (Å²) in [4.78, 5) is 38.6. The molecule has 0 radical (unpaired) electrons. The molecule has 0 aliphatic carbocycles.